The van der Waals surface area contributed by atoms with Crippen LogP contribution in [0.4, 0.5) is 0 Å². The van der Waals surface area contributed by atoms with E-state index in [-0.39, 0.29) is 18.4 Å². The van der Waals surface area contributed by atoms with Crippen molar-refractivity contribution in [3.8, 4) is 0 Å². The molecule has 0 aromatic carbocycles. The molecule has 1 heterocycles. The Bertz CT molecular complexity index is 426. The highest BCUT2D eigenvalue weighted by atomic mass is 32.2. The van der Waals surface area contributed by atoms with Gasteiger partial charge in [-0.3, -0.25) is 4.79 Å². The SMILES string of the molecule is COC(=O)CCN(C)S(=O)(=O)N1CCC(C)(CN)C1. The number of rotatable bonds is 6. The van der Waals surface area contributed by atoms with E-state index in [1.165, 1.54) is 22.8 Å². The number of carbonyl (C=O) groups is 1. The van der Waals surface area contributed by atoms with Crippen LogP contribution in [0.1, 0.15) is 19.8 Å². The number of hydrogen-bond acceptors (Lipinski definition) is 5. The minimum atomic E-state index is -3.52. The lowest BCUT2D eigenvalue weighted by Gasteiger charge is -2.26. The largest absolute Gasteiger partial charge is 0.469 e. The van der Waals surface area contributed by atoms with Gasteiger partial charge in [0.25, 0.3) is 10.2 Å². The number of hydrogen-bond donors (Lipinski definition) is 1. The molecular weight excluding hydrogens is 270 g/mol. The van der Waals surface area contributed by atoms with Crippen LogP contribution in [-0.4, -0.2) is 63.3 Å². The fourth-order valence-electron chi connectivity index (χ4n) is 2.01. The van der Waals surface area contributed by atoms with Gasteiger partial charge in [-0.1, -0.05) is 6.92 Å². The second-order valence-electron chi connectivity index (χ2n) is 5.25. The highest BCUT2D eigenvalue weighted by Gasteiger charge is 2.39. The lowest BCUT2D eigenvalue weighted by Crippen LogP contribution is -2.43. The van der Waals surface area contributed by atoms with Crippen LogP contribution in [0, 0.1) is 5.41 Å². The molecular formula is C11H23N3O4S. The average molecular weight is 293 g/mol. The Morgan fingerprint density at radius 1 is 1.53 bits per heavy atom. The van der Waals surface area contributed by atoms with Crippen molar-refractivity contribution in [2.24, 2.45) is 11.1 Å². The van der Waals surface area contributed by atoms with Crippen LogP contribution in [-0.2, 0) is 19.7 Å². The Hall–Kier alpha value is -0.700. The van der Waals surface area contributed by atoms with Gasteiger partial charge in [0.2, 0.25) is 0 Å². The quantitative estimate of drug-likeness (QED) is 0.660. The van der Waals surface area contributed by atoms with Crippen molar-refractivity contribution in [1.82, 2.24) is 8.61 Å². The number of ether oxygens (including phenoxy) is 1. The molecule has 1 unspecified atom stereocenters. The van der Waals surface area contributed by atoms with Crippen LogP contribution in [0.5, 0.6) is 0 Å². The summed E-state index contributed by atoms with van der Waals surface area (Å²) in [5, 5.41) is 0. The summed E-state index contributed by atoms with van der Waals surface area (Å²) in [4.78, 5) is 11.0. The Kier molecular flexibility index (Phi) is 5.31. The van der Waals surface area contributed by atoms with E-state index in [9.17, 15) is 13.2 Å². The summed E-state index contributed by atoms with van der Waals surface area (Å²) in [6.07, 6.45) is 0.807. The molecule has 0 aliphatic carbocycles. The van der Waals surface area contributed by atoms with Crippen molar-refractivity contribution >= 4 is 16.2 Å². The highest BCUT2D eigenvalue weighted by molar-refractivity contribution is 7.86. The van der Waals surface area contributed by atoms with Crippen LogP contribution >= 0.6 is 0 Å². The zero-order chi connectivity index (χ0) is 14.7. The van der Waals surface area contributed by atoms with E-state index < -0.39 is 16.2 Å². The van der Waals surface area contributed by atoms with Crippen molar-refractivity contribution in [3.63, 3.8) is 0 Å². The van der Waals surface area contributed by atoms with E-state index in [2.05, 4.69) is 4.74 Å². The Morgan fingerprint density at radius 2 is 2.16 bits per heavy atom. The van der Waals surface area contributed by atoms with Crippen molar-refractivity contribution in [1.29, 1.82) is 0 Å². The lowest BCUT2D eigenvalue weighted by atomic mass is 9.90. The van der Waals surface area contributed by atoms with Gasteiger partial charge in [-0.05, 0) is 18.4 Å². The molecule has 0 saturated carbocycles. The van der Waals surface area contributed by atoms with Gasteiger partial charge < -0.3 is 10.5 Å². The lowest BCUT2D eigenvalue weighted by molar-refractivity contribution is -0.140. The summed E-state index contributed by atoms with van der Waals surface area (Å²) in [7, 11) is -0.770. The van der Waals surface area contributed by atoms with Crippen LogP contribution in [0.15, 0.2) is 0 Å². The van der Waals surface area contributed by atoms with Gasteiger partial charge in [0.15, 0.2) is 0 Å². The maximum absolute atomic E-state index is 12.3. The maximum Gasteiger partial charge on any atom is 0.306 e. The van der Waals surface area contributed by atoms with Crippen LogP contribution < -0.4 is 5.73 Å². The molecule has 0 aromatic heterocycles. The molecule has 8 heteroatoms. The van der Waals surface area contributed by atoms with E-state index in [1.54, 1.807) is 0 Å². The van der Waals surface area contributed by atoms with Gasteiger partial charge in [0, 0.05) is 26.7 Å². The number of carbonyl (C=O) groups excluding carboxylic acids is 1. The van der Waals surface area contributed by atoms with E-state index in [4.69, 9.17) is 5.73 Å². The molecule has 19 heavy (non-hydrogen) atoms. The van der Waals surface area contributed by atoms with Crippen molar-refractivity contribution in [3.05, 3.63) is 0 Å². The first-order chi connectivity index (χ1) is 8.75. The average Bonchev–Trinajstić information content (AvgIpc) is 2.79. The van der Waals surface area contributed by atoms with Gasteiger partial charge in [-0.2, -0.15) is 17.0 Å². The second-order valence-corrected chi connectivity index (χ2v) is 7.29. The molecule has 0 bridgehead atoms. The zero-order valence-electron chi connectivity index (χ0n) is 11.8. The molecule has 1 fully saturated rings. The monoisotopic (exact) mass is 293 g/mol. The van der Waals surface area contributed by atoms with Gasteiger partial charge in [0.05, 0.1) is 13.5 Å². The molecule has 0 radical (unpaired) electrons. The minimum absolute atomic E-state index is 0.0498. The maximum atomic E-state index is 12.3. The van der Waals surface area contributed by atoms with Gasteiger partial charge in [-0.25, -0.2) is 0 Å². The van der Waals surface area contributed by atoms with Crippen molar-refractivity contribution in [2.75, 3.05) is 40.3 Å². The minimum Gasteiger partial charge on any atom is -0.469 e. The molecule has 1 saturated heterocycles. The smallest absolute Gasteiger partial charge is 0.306 e. The number of esters is 1. The second kappa shape index (κ2) is 6.17. The highest BCUT2D eigenvalue weighted by Crippen LogP contribution is 2.30. The summed E-state index contributed by atoms with van der Waals surface area (Å²) in [5.41, 5.74) is 5.51. The molecule has 0 aromatic rings. The van der Waals surface area contributed by atoms with E-state index in [0.717, 1.165) is 6.42 Å². The van der Waals surface area contributed by atoms with Crippen LogP contribution in [0.2, 0.25) is 0 Å². The summed E-state index contributed by atoms with van der Waals surface area (Å²) in [5.74, 6) is -0.421. The standard InChI is InChI=1S/C11H23N3O4S/c1-11(8-12)5-7-14(9-11)19(16,17)13(2)6-4-10(15)18-3/h4-9,12H2,1-3H3. The molecule has 112 valence electrons. The predicted octanol–water partition coefficient (Wildman–Crippen LogP) is -0.603. The number of nitrogens with two attached hydrogens (primary N) is 1. The third-order valence-electron chi connectivity index (χ3n) is 3.59. The normalized spacial score (nSPS) is 24.9. The molecule has 2 N–H and O–H groups in total. The fraction of sp³-hybridized carbons (Fsp3) is 0.909. The molecule has 0 spiro atoms. The Balaban J connectivity index is 2.63. The molecule has 1 aliphatic heterocycles. The molecule has 1 rings (SSSR count). The summed E-state index contributed by atoms with van der Waals surface area (Å²) in [6.45, 7) is 3.46. The van der Waals surface area contributed by atoms with Crippen LogP contribution in [0.3, 0.4) is 0 Å². The first kappa shape index (κ1) is 16.4. The van der Waals surface area contributed by atoms with Crippen molar-refractivity contribution in [2.45, 2.75) is 19.8 Å². The molecule has 1 aliphatic rings. The zero-order valence-corrected chi connectivity index (χ0v) is 12.6. The number of methoxy groups -OCH3 is 1. The Labute approximate surface area is 114 Å². The van der Waals surface area contributed by atoms with E-state index in [0.29, 0.717) is 19.6 Å². The van der Waals surface area contributed by atoms with Gasteiger partial charge in [0.1, 0.15) is 0 Å². The molecule has 7 nitrogen and oxygen atoms in total. The first-order valence-corrected chi connectivity index (χ1v) is 7.63. The molecule has 0 amide bonds. The third kappa shape index (κ3) is 3.88. The first-order valence-electron chi connectivity index (χ1n) is 6.23. The van der Waals surface area contributed by atoms with Crippen molar-refractivity contribution < 1.29 is 17.9 Å². The summed E-state index contributed by atoms with van der Waals surface area (Å²) in [6, 6.07) is 0. The number of nitrogens with zero attached hydrogens (tertiary/aromatic N) is 2. The Morgan fingerprint density at radius 3 is 2.63 bits per heavy atom. The fourth-order valence-corrected chi connectivity index (χ4v) is 3.52. The molecule has 1 atom stereocenters. The van der Waals surface area contributed by atoms with Gasteiger partial charge in [-0.15, -0.1) is 0 Å². The summed E-state index contributed by atoms with van der Waals surface area (Å²) >= 11 is 0. The van der Waals surface area contributed by atoms with Crippen LogP contribution in [0.25, 0.3) is 0 Å². The summed E-state index contributed by atoms with van der Waals surface area (Å²) < 4.78 is 31.7. The predicted molar refractivity (Wildman–Crippen MR) is 71.5 cm³/mol. The van der Waals surface area contributed by atoms with E-state index in [1.807, 2.05) is 6.92 Å². The van der Waals surface area contributed by atoms with E-state index >= 15 is 0 Å². The third-order valence-corrected chi connectivity index (χ3v) is 5.53. The van der Waals surface area contributed by atoms with Gasteiger partial charge >= 0.3 is 5.97 Å². The topological polar surface area (TPSA) is 92.9 Å².